The van der Waals surface area contributed by atoms with Gasteiger partial charge >= 0.3 is 6.03 Å². The van der Waals surface area contributed by atoms with E-state index < -0.39 is 0 Å². The molecule has 1 aromatic heterocycles. The minimum Gasteiger partial charge on any atom is -0.368 e. The molecule has 0 aromatic carbocycles. The first kappa shape index (κ1) is 11.3. The van der Waals surface area contributed by atoms with Gasteiger partial charge < -0.3 is 16.0 Å². The molecule has 0 spiro atoms. The average Bonchev–Trinajstić information content (AvgIpc) is 2.96. The second-order valence-electron chi connectivity index (χ2n) is 4.99. The highest BCUT2D eigenvalue weighted by Crippen LogP contribution is 2.22. The van der Waals surface area contributed by atoms with Gasteiger partial charge in [-0.05, 0) is 12.8 Å². The van der Waals surface area contributed by atoms with Crippen molar-refractivity contribution in [3.8, 4) is 0 Å². The number of amides is 2. The number of carbonyl (C=O) groups is 1. The Morgan fingerprint density at radius 2 is 2.17 bits per heavy atom. The van der Waals surface area contributed by atoms with Gasteiger partial charge in [0.05, 0.1) is 18.8 Å². The van der Waals surface area contributed by atoms with Gasteiger partial charge in [-0.25, -0.2) is 14.8 Å². The summed E-state index contributed by atoms with van der Waals surface area (Å²) in [4.78, 5) is 22.0. The van der Waals surface area contributed by atoms with Gasteiger partial charge in [-0.3, -0.25) is 0 Å². The predicted octanol–water partition coefficient (Wildman–Crippen LogP) is 1.03. The van der Waals surface area contributed by atoms with Gasteiger partial charge in [0.2, 0.25) is 5.95 Å². The first-order chi connectivity index (χ1) is 8.72. The highest BCUT2D eigenvalue weighted by atomic mass is 16.2. The van der Waals surface area contributed by atoms with E-state index in [0.29, 0.717) is 19.1 Å². The van der Waals surface area contributed by atoms with Crippen LogP contribution >= 0.6 is 0 Å². The second-order valence-corrected chi connectivity index (χ2v) is 4.99. The van der Waals surface area contributed by atoms with Gasteiger partial charge in [0.1, 0.15) is 0 Å². The summed E-state index contributed by atoms with van der Waals surface area (Å²) in [6, 6.07) is 0.343. The lowest BCUT2D eigenvalue weighted by atomic mass is 10.2. The van der Waals surface area contributed by atoms with Crippen molar-refractivity contribution in [1.82, 2.24) is 20.2 Å². The molecule has 2 aliphatic rings. The predicted molar refractivity (Wildman–Crippen MR) is 66.5 cm³/mol. The number of nitrogen functional groups attached to an aromatic ring is 1. The first-order valence-corrected chi connectivity index (χ1v) is 6.38. The Balaban J connectivity index is 1.64. The summed E-state index contributed by atoms with van der Waals surface area (Å²) in [7, 11) is 0. The summed E-state index contributed by atoms with van der Waals surface area (Å²) in [6.45, 7) is 1.11. The molecule has 0 atom stereocenters. The van der Waals surface area contributed by atoms with Crippen LogP contribution < -0.4 is 11.1 Å². The Morgan fingerprint density at radius 1 is 1.39 bits per heavy atom. The molecule has 1 fully saturated rings. The Hall–Kier alpha value is -1.85. The number of urea groups is 1. The van der Waals surface area contributed by atoms with Crippen molar-refractivity contribution in [2.24, 2.45) is 0 Å². The van der Waals surface area contributed by atoms with E-state index in [1.54, 1.807) is 11.1 Å². The van der Waals surface area contributed by atoms with Crippen molar-refractivity contribution in [1.29, 1.82) is 0 Å². The molecule has 0 radical (unpaired) electrons. The molecule has 1 aliphatic heterocycles. The second kappa shape index (κ2) is 4.44. The lowest BCUT2D eigenvalue weighted by Gasteiger charge is -2.19. The fourth-order valence-corrected chi connectivity index (χ4v) is 2.65. The summed E-state index contributed by atoms with van der Waals surface area (Å²) < 4.78 is 0. The van der Waals surface area contributed by atoms with E-state index >= 15 is 0 Å². The number of nitrogens with one attached hydrogen (secondary N) is 1. The summed E-state index contributed by atoms with van der Waals surface area (Å²) >= 11 is 0. The molecule has 6 heteroatoms. The summed E-state index contributed by atoms with van der Waals surface area (Å²) in [5, 5.41) is 3.08. The fourth-order valence-electron chi connectivity index (χ4n) is 2.65. The van der Waals surface area contributed by atoms with Gasteiger partial charge in [-0.15, -0.1) is 0 Å². The van der Waals surface area contributed by atoms with Crippen LogP contribution in [0.25, 0.3) is 0 Å². The normalized spacial score (nSPS) is 19.0. The molecule has 2 amide bonds. The number of anilines is 1. The summed E-state index contributed by atoms with van der Waals surface area (Å²) in [6.07, 6.45) is 6.33. The molecule has 0 unspecified atom stereocenters. The molecule has 1 saturated carbocycles. The van der Waals surface area contributed by atoms with Gasteiger partial charge in [-0.1, -0.05) is 12.8 Å². The van der Waals surface area contributed by atoms with Crippen molar-refractivity contribution >= 4 is 12.0 Å². The third kappa shape index (κ3) is 2.10. The number of nitrogens with zero attached hydrogens (tertiary/aromatic N) is 3. The molecule has 0 bridgehead atoms. The Bertz CT molecular complexity index is 470. The van der Waals surface area contributed by atoms with Crippen LogP contribution in [-0.4, -0.2) is 26.9 Å². The van der Waals surface area contributed by atoms with Gasteiger partial charge in [0, 0.05) is 17.8 Å². The van der Waals surface area contributed by atoms with Crippen LogP contribution in [0.2, 0.25) is 0 Å². The topological polar surface area (TPSA) is 84.1 Å². The van der Waals surface area contributed by atoms with Crippen LogP contribution in [0.15, 0.2) is 6.20 Å². The van der Waals surface area contributed by atoms with E-state index in [2.05, 4.69) is 15.3 Å². The molecule has 18 heavy (non-hydrogen) atoms. The fraction of sp³-hybridized carbons (Fsp3) is 0.583. The van der Waals surface area contributed by atoms with E-state index in [0.717, 1.165) is 24.1 Å². The smallest absolute Gasteiger partial charge is 0.318 e. The van der Waals surface area contributed by atoms with E-state index in [-0.39, 0.29) is 12.0 Å². The van der Waals surface area contributed by atoms with E-state index in [4.69, 9.17) is 5.73 Å². The number of hydrogen-bond acceptors (Lipinski definition) is 4. The molecular formula is C12H17N5O. The van der Waals surface area contributed by atoms with Crippen LogP contribution in [-0.2, 0) is 13.1 Å². The maximum atomic E-state index is 12.1. The van der Waals surface area contributed by atoms with Crippen molar-refractivity contribution in [2.45, 2.75) is 44.8 Å². The standard InChI is InChI=1S/C12H17N5O/c13-11-14-5-8-6-17(7-10(8)16-11)12(18)15-9-3-1-2-4-9/h5,9H,1-4,6-7H2,(H,15,18)(H2,13,14,16). The van der Waals surface area contributed by atoms with E-state index in [1.165, 1.54) is 12.8 Å². The van der Waals surface area contributed by atoms with Crippen LogP contribution in [0.3, 0.4) is 0 Å². The van der Waals surface area contributed by atoms with Gasteiger partial charge in [0.15, 0.2) is 0 Å². The monoisotopic (exact) mass is 247 g/mol. The summed E-state index contributed by atoms with van der Waals surface area (Å²) in [5.41, 5.74) is 7.40. The van der Waals surface area contributed by atoms with Crippen LogP contribution in [0.4, 0.5) is 10.7 Å². The number of nitrogens with two attached hydrogens (primary N) is 1. The Labute approximate surface area is 106 Å². The molecule has 0 saturated heterocycles. The number of aromatic nitrogens is 2. The molecule has 3 rings (SSSR count). The molecule has 96 valence electrons. The molecule has 3 N–H and O–H groups in total. The Kier molecular flexibility index (Phi) is 2.77. The molecule has 1 aromatic rings. The molecular weight excluding hydrogens is 230 g/mol. The average molecular weight is 247 g/mol. The van der Waals surface area contributed by atoms with Gasteiger partial charge in [0.25, 0.3) is 0 Å². The SMILES string of the molecule is Nc1ncc2c(n1)CN(C(=O)NC1CCCC1)C2. The van der Waals surface area contributed by atoms with Crippen LogP contribution in [0, 0.1) is 0 Å². The van der Waals surface area contributed by atoms with Gasteiger partial charge in [-0.2, -0.15) is 0 Å². The maximum absolute atomic E-state index is 12.1. The third-order valence-corrected chi connectivity index (χ3v) is 3.64. The highest BCUT2D eigenvalue weighted by molar-refractivity contribution is 5.75. The van der Waals surface area contributed by atoms with E-state index in [1.807, 2.05) is 0 Å². The zero-order chi connectivity index (χ0) is 12.5. The molecule has 2 heterocycles. The van der Waals surface area contributed by atoms with E-state index in [9.17, 15) is 4.79 Å². The van der Waals surface area contributed by atoms with Crippen molar-refractivity contribution in [3.05, 3.63) is 17.5 Å². The molecule has 1 aliphatic carbocycles. The van der Waals surface area contributed by atoms with Crippen molar-refractivity contribution in [3.63, 3.8) is 0 Å². The minimum absolute atomic E-state index is 0.00142. The highest BCUT2D eigenvalue weighted by Gasteiger charge is 2.27. The van der Waals surface area contributed by atoms with Crippen LogP contribution in [0.5, 0.6) is 0 Å². The first-order valence-electron chi connectivity index (χ1n) is 6.38. The number of fused-ring (bicyclic) bond motifs is 1. The zero-order valence-electron chi connectivity index (χ0n) is 10.2. The number of carbonyl (C=O) groups excluding carboxylic acids is 1. The molecule has 6 nitrogen and oxygen atoms in total. The lowest BCUT2D eigenvalue weighted by molar-refractivity contribution is 0.194. The zero-order valence-corrected chi connectivity index (χ0v) is 10.2. The van der Waals surface area contributed by atoms with Crippen LogP contribution in [0.1, 0.15) is 36.9 Å². The van der Waals surface area contributed by atoms with Crippen molar-refractivity contribution in [2.75, 3.05) is 5.73 Å². The third-order valence-electron chi connectivity index (χ3n) is 3.64. The Morgan fingerprint density at radius 3 is 2.94 bits per heavy atom. The minimum atomic E-state index is -0.00142. The quantitative estimate of drug-likeness (QED) is 0.776. The maximum Gasteiger partial charge on any atom is 0.318 e. The lowest BCUT2D eigenvalue weighted by Crippen LogP contribution is -2.41. The number of rotatable bonds is 1. The number of hydrogen-bond donors (Lipinski definition) is 2. The van der Waals surface area contributed by atoms with Crippen molar-refractivity contribution < 1.29 is 4.79 Å². The largest absolute Gasteiger partial charge is 0.368 e. The summed E-state index contributed by atoms with van der Waals surface area (Å²) in [5.74, 6) is 0.270.